The molecule has 1 atom stereocenters. The first-order valence-corrected chi connectivity index (χ1v) is 5.02. The van der Waals surface area contributed by atoms with Crippen LogP contribution >= 0.6 is 0 Å². The minimum Gasteiger partial charge on any atom is -0.464 e. The number of allylic oxidation sites excluding steroid dienone is 1. The molecular formula is C11H17NO2. The molecule has 0 N–H and O–H groups in total. The monoisotopic (exact) mass is 195 g/mol. The second kappa shape index (κ2) is 4.40. The molecule has 0 saturated carbocycles. The normalized spacial score (nSPS) is 21.1. The summed E-state index contributed by atoms with van der Waals surface area (Å²) in [6.07, 6.45) is 0.928. The molecule has 0 aliphatic carbocycles. The quantitative estimate of drug-likeness (QED) is 0.647. The van der Waals surface area contributed by atoms with Crippen molar-refractivity contribution in [2.45, 2.75) is 40.2 Å². The molecule has 0 radical (unpaired) electrons. The van der Waals surface area contributed by atoms with Crippen LogP contribution in [0.2, 0.25) is 0 Å². The van der Waals surface area contributed by atoms with Crippen molar-refractivity contribution >= 4 is 11.7 Å². The Morgan fingerprint density at radius 3 is 2.50 bits per heavy atom. The minimum atomic E-state index is -0.384. The first-order chi connectivity index (χ1) is 6.61. The van der Waals surface area contributed by atoms with Gasteiger partial charge in [0.05, 0.1) is 6.61 Å². The first-order valence-electron chi connectivity index (χ1n) is 5.02. The number of esters is 1. The Labute approximate surface area is 84.9 Å². The van der Waals surface area contributed by atoms with Crippen LogP contribution in [0.3, 0.4) is 0 Å². The lowest BCUT2D eigenvalue weighted by Gasteiger charge is -2.08. The van der Waals surface area contributed by atoms with Gasteiger partial charge in [-0.05, 0) is 38.3 Å². The number of ether oxygens (including phenoxy) is 1. The average molecular weight is 195 g/mol. The zero-order valence-corrected chi connectivity index (χ0v) is 9.26. The highest BCUT2D eigenvalue weighted by Gasteiger charge is 2.28. The fraction of sp³-hybridized carbons (Fsp3) is 0.636. The highest BCUT2D eigenvalue weighted by molar-refractivity contribution is 6.04. The topological polar surface area (TPSA) is 38.7 Å². The number of hydrogen-bond acceptors (Lipinski definition) is 3. The van der Waals surface area contributed by atoms with Gasteiger partial charge in [0.1, 0.15) is 0 Å². The third-order valence-electron chi connectivity index (χ3n) is 2.51. The molecule has 0 fully saturated rings. The van der Waals surface area contributed by atoms with Crippen molar-refractivity contribution in [3.63, 3.8) is 0 Å². The lowest BCUT2D eigenvalue weighted by Crippen LogP contribution is -2.21. The second-order valence-electron chi connectivity index (χ2n) is 3.38. The van der Waals surface area contributed by atoms with Gasteiger partial charge in [-0.25, -0.2) is 4.79 Å². The number of rotatable bonds is 3. The molecule has 0 unspecified atom stereocenters. The number of carbonyl (C=O) groups excluding carboxylic acids is 1. The van der Waals surface area contributed by atoms with E-state index in [0.29, 0.717) is 6.61 Å². The molecule has 0 aromatic heterocycles. The fourth-order valence-corrected chi connectivity index (χ4v) is 1.80. The van der Waals surface area contributed by atoms with Crippen molar-refractivity contribution in [3.8, 4) is 0 Å². The van der Waals surface area contributed by atoms with E-state index in [0.717, 1.165) is 17.7 Å². The van der Waals surface area contributed by atoms with E-state index in [-0.39, 0.29) is 12.0 Å². The van der Waals surface area contributed by atoms with Crippen LogP contribution in [-0.4, -0.2) is 24.3 Å². The summed E-state index contributed by atoms with van der Waals surface area (Å²) in [5.41, 5.74) is 3.22. The summed E-state index contributed by atoms with van der Waals surface area (Å²) < 4.78 is 4.96. The van der Waals surface area contributed by atoms with Crippen molar-refractivity contribution in [3.05, 3.63) is 11.1 Å². The Balaban J connectivity index is 2.85. The molecular weight excluding hydrogens is 178 g/mol. The SMILES string of the molecule is CCOC(=O)[C@@H]1N=C(C)C(CC)=C1C. The third kappa shape index (κ3) is 1.86. The molecule has 0 aromatic rings. The molecule has 0 saturated heterocycles. The molecule has 3 nitrogen and oxygen atoms in total. The van der Waals surface area contributed by atoms with Crippen LogP contribution in [-0.2, 0) is 9.53 Å². The van der Waals surface area contributed by atoms with E-state index in [2.05, 4.69) is 11.9 Å². The standard InChI is InChI=1S/C11H17NO2/c1-5-9-7(3)10(12-8(9)4)11(13)14-6-2/h10H,5-6H2,1-4H3/t10-/m1/s1. The van der Waals surface area contributed by atoms with Crippen LogP contribution in [0.4, 0.5) is 0 Å². The van der Waals surface area contributed by atoms with Gasteiger partial charge >= 0.3 is 5.97 Å². The van der Waals surface area contributed by atoms with E-state index in [1.54, 1.807) is 0 Å². The van der Waals surface area contributed by atoms with Gasteiger partial charge in [-0.3, -0.25) is 4.99 Å². The van der Waals surface area contributed by atoms with Crippen LogP contribution in [0, 0.1) is 0 Å². The molecule has 1 heterocycles. The van der Waals surface area contributed by atoms with E-state index in [1.807, 2.05) is 20.8 Å². The number of nitrogens with zero attached hydrogens (tertiary/aromatic N) is 1. The van der Waals surface area contributed by atoms with Crippen molar-refractivity contribution < 1.29 is 9.53 Å². The zero-order chi connectivity index (χ0) is 10.7. The molecule has 0 amide bonds. The number of aliphatic imine (C=N–C) groups is 1. The van der Waals surface area contributed by atoms with Crippen LogP contribution in [0.1, 0.15) is 34.1 Å². The highest BCUT2D eigenvalue weighted by atomic mass is 16.5. The fourth-order valence-electron chi connectivity index (χ4n) is 1.80. The van der Waals surface area contributed by atoms with Gasteiger partial charge in [0.15, 0.2) is 6.04 Å². The van der Waals surface area contributed by atoms with Gasteiger partial charge in [0.25, 0.3) is 0 Å². The van der Waals surface area contributed by atoms with E-state index < -0.39 is 0 Å². The van der Waals surface area contributed by atoms with Crippen LogP contribution in [0.25, 0.3) is 0 Å². The van der Waals surface area contributed by atoms with Gasteiger partial charge in [-0.1, -0.05) is 6.92 Å². The zero-order valence-electron chi connectivity index (χ0n) is 9.26. The van der Waals surface area contributed by atoms with Crippen LogP contribution < -0.4 is 0 Å². The van der Waals surface area contributed by atoms with Crippen molar-refractivity contribution in [2.75, 3.05) is 6.61 Å². The lowest BCUT2D eigenvalue weighted by atomic mass is 10.0. The Kier molecular flexibility index (Phi) is 3.44. The molecule has 0 bridgehead atoms. The summed E-state index contributed by atoms with van der Waals surface area (Å²) in [6, 6.07) is -0.384. The molecule has 1 rings (SSSR count). The van der Waals surface area contributed by atoms with Gasteiger partial charge in [0, 0.05) is 5.71 Å². The summed E-state index contributed by atoms with van der Waals surface area (Å²) in [4.78, 5) is 15.8. The average Bonchev–Trinajstić information content (AvgIpc) is 2.42. The van der Waals surface area contributed by atoms with E-state index in [4.69, 9.17) is 4.74 Å². The Bertz CT molecular complexity index is 302. The highest BCUT2D eigenvalue weighted by Crippen LogP contribution is 2.24. The van der Waals surface area contributed by atoms with Crippen molar-refractivity contribution in [1.29, 1.82) is 0 Å². The number of carbonyl (C=O) groups is 1. The summed E-state index contributed by atoms with van der Waals surface area (Å²) in [6.45, 7) is 8.20. The molecule has 0 spiro atoms. The van der Waals surface area contributed by atoms with Crippen molar-refractivity contribution in [1.82, 2.24) is 0 Å². The van der Waals surface area contributed by atoms with Crippen LogP contribution in [0.5, 0.6) is 0 Å². The summed E-state index contributed by atoms with van der Waals surface area (Å²) in [5.74, 6) is -0.229. The van der Waals surface area contributed by atoms with Gasteiger partial charge in [-0.15, -0.1) is 0 Å². The Morgan fingerprint density at radius 2 is 2.07 bits per heavy atom. The minimum absolute atomic E-state index is 0.229. The number of hydrogen-bond donors (Lipinski definition) is 0. The molecule has 78 valence electrons. The Morgan fingerprint density at radius 1 is 1.43 bits per heavy atom. The molecule has 1 aliphatic heterocycles. The maximum absolute atomic E-state index is 11.5. The largest absolute Gasteiger partial charge is 0.464 e. The Hall–Kier alpha value is -1.12. The lowest BCUT2D eigenvalue weighted by molar-refractivity contribution is -0.143. The molecule has 3 heteroatoms. The molecule has 0 aromatic carbocycles. The third-order valence-corrected chi connectivity index (χ3v) is 2.51. The summed E-state index contributed by atoms with van der Waals surface area (Å²) in [7, 11) is 0. The van der Waals surface area contributed by atoms with Gasteiger partial charge < -0.3 is 4.74 Å². The summed E-state index contributed by atoms with van der Waals surface area (Å²) in [5, 5.41) is 0. The maximum Gasteiger partial charge on any atom is 0.335 e. The van der Waals surface area contributed by atoms with E-state index >= 15 is 0 Å². The van der Waals surface area contributed by atoms with Gasteiger partial charge in [-0.2, -0.15) is 0 Å². The van der Waals surface area contributed by atoms with Crippen molar-refractivity contribution in [2.24, 2.45) is 4.99 Å². The molecule has 14 heavy (non-hydrogen) atoms. The predicted octanol–water partition coefficient (Wildman–Crippen LogP) is 2.12. The molecule has 1 aliphatic rings. The van der Waals surface area contributed by atoms with E-state index in [1.165, 1.54) is 5.57 Å². The second-order valence-corrected chi connectivity index (χ2v) is 3.38. The maximum atomic E-state index is 11.5. The first kappa shape index (κ1) is 11.0. The summed E-state index contributed by atoms with van der Waals surface area (Å²) >= 11 is 0. The van der Waals surface area contributed by atoms with Crippen LogP contribution in [0.15, 0.2) is 16.1 Å². The van der Waals surface area contributed by atoms with Gasteiger partial charge in [0.2, 0.25) is 0 Å². The van der Waals surface area contributed by atoms with E-state index in [9.17, 15) is 4.79 Å². The smallest absolute Gasteiger partial charge is 0.335 e. The predicted molar refractivity (Wildman–Crippen MR) is 56.5 cm³/mol.